The van der Waals surface area contributed by atoms with E-state index in [9.17, 15) is 0 Å². The molecule has 0 aliphatic carbocycles. The van der Waals surface area contributed by atoms with Gasteiger partial charge in [-0.05, 0) is 0 Å². The molecule has 50 valence electrons. The van der Waals surface area contributed by atoms with Crippen LogP contribution in [0.3, 0.4) is 0 Å². The summed E-state index contributed by atoms with van der Waals surface area (Å²) in [6, 6.07) is 0. The van der Waals surface area contributed by atoms with Crippen molar-refractivity contribution < 1.29 is 25.5 Å². The first-order valence-corrected chi connectivity index (χ1v) is 1.92. The van der Waals surface area contributed by atoms with E-state index in [2.05, 4.69) is 0 Å². The number of rotatable bonds is 2. The Morgan fingerprint density at radius 2 is 1.62 bits per heavy atom. The van der Waals surface area contributed by atoms with Crippen molar-refractivity contribution in [3.63, 3.8) is 0 Å². The summed E-state index contributed by atoms with van der Waals surface area (Å²) in [6.07, 6.45) is -2.33. The Kier molecular flexibility index (Phi) is 2.32. The SMILES string of the molecule is OCC(O)(O)[13CH](O)O. The van der Waals surface area contributed by atoms with Crippen molar-refractivity contribution in [3.05, 3.63) is 0 Å². The highest BCUT2D eigenvalue weighted by Gasteiger charge is 2.30. The van der Waals surface area contributed by atoms with E-state index < -0.39 is 18.7 Å². The highest BCUT2D eigenvalue weighted by molar-refractivity contribution is 4.62. The highest BCUT2D eigenvalue weighted by atomic mass is 16.7. The molecular formula is C3H8O5. The minimum atomic E-state index is -2.79. The fourth-order valence-corrected chi connectivity index (χ4v) is 0.0816. The molecule has 0 aromatic heterocycles. The van der Waals surface area contributed by atoms with Crippen molar-refractivity contribution in [2.24, 2.45) is 0 Å². The molecule has 0 spiro atoms. The highest BCUT2D eigenvalue weighted by Crippen LogP contribution is 2.00. The third kappa shape index (κ3) is 1.73. The Hall–Kier alpha value is -0.200. The van der Waals surface area contributed by atoms with Crippen LogP contribution in [-0.4, -0.2) is 44.2 Å². The van der Waals surface area contributed by atoms with Crippen LogP contribution in [0.2, 0.25) is 0 Å². The first-order chi connectivity index (χ1) is 3.50. The third-order valence-electron chi connectivity index (χ3n) is 0.646. The Morgan fingerprint density at radius 3 is 1.62 bits per heavy atom. The molecular weight excluding hydrogens is 117 g/mol. The summed E-state index contributed by atoms with van der Waals surface area (Å²) in [5.41, 5.74) is 0. The van der Waals surface area contributed by atoms with Crippen molar-refractivity contribution in [2.45, 2.75) is 12.1 Å². The molecule has 0 saturated heterocycles. The van der Waals surface area contributed by atoms with Crippen LogP contribution in [0.1, 0.15) is 0 Å². The van der Waals surface area contributed by atoms with Crippen LogP contribution in [0.5, 0.6) is 0 Å². The van der Waals surface area contributed by atoms with Crippen molar-refractivity contribution in [1.29, 1.82) is 0 Å². The fourth-order valence-electron chi connectivity index (χ4n) is 0.0816. The number of aliphatic hydroxyl groups excluding tert-OH is 2. The van der Waals surface area contributed by atoms with Crippen LogP contribution in [0.15, 0.2) is 0 Å². The van der Waals surface area contributed by atoms with Gasteiger partial charge in [-0.1, -0.05) is 0 Å². The topological polar surface area (TPSA) is 101 Å². The molecule has 0 amide bonds. The average Bonchev–Trinajstić information content (AvgIpc) is 1.67. The molecule has 8 heavy (non-hydrogen) atoms. The van der Waals surface area contributed by atoms with Gasteiger partial charge in [0.25, 0.3) is 0 Å². The molecule has 5 nitrogen and oxygen atoms in total. The minimum Gasteiger partial charge on any atom is -0.391 e. The van der Waals surface area contributed by atoms with E-state index in [4.69, 9.17) is 25.5 Å². The van der Waals surface area contributed by atoms with Gasteiger partial charge in [0.05, 0.1) is 0 Å². The quantitative estimate of drug-likeness (QED) is 0.199. The van der Waals surface area contributed by atoms with Gasteiger partial charge in [-0.15, -0.1) is 0 Å². The number of hydrogen-bond donors (Lipinski definition) is 5. The van der Waals surface area contributed by atoms with E-state index in [1.807, 2.05) is 0 Å². The maximum atomic E-state index is 8.21. The summed E-state index contributed by atoms with van der Waals surface area (Å²) >= 11 is 0. The van der Waals surface area contributed by atoms with E-state index in [1.54, 1.807) is 0 Å². The molecule has 0 fully saturated rings. The van der Waals surface area contributed by atoms with Crippen LogP contribution in [0, 0.1) is 0 Å². The zero-order valence-corrected chi connectivity index (χ0v) is 4.02. The summed E-state index contributed by atoms with van der Waals surface area (Å²) in [7, 11) is 0. The van der Waals surface area contributed by atoms with Gasteiger partial charge >= 0.3 is 0 Å². The largest absolute Gasteiger partial charge is 0.391 e. The van der Waals surface area contributed by atoms with E-state index in [-0.39, 0.29) is 0 Å². The summed E-state index contributed by atoms with van der Waals surface area (Å²) in [6.45, 7) is -1.11. The first kappa shape index (κ1) is 7.80. The van der Waals surface area contributed by atoms with Crippen LogP contribution in [0.4, 0.5) is 0 Å². The van der Waals surface area contributed by atoms with Gasteiger partial charge in [0.2, 0.25) is 12.1 Å². The zero-order valence-electron chi connectivity index (χ0n) is 4.02. The van der Waals surface area contributed by atoms with Crippen LogP contribution in [-0.2, 0) is 0 Å². The standard InChI is InChI=1S/C3H8O5/c4-1-3(7,8)2(5)6/h2,4-8H,1H2/i2+1. The lowest BCUT2D eigenvalue weighted by molar-refractivity contribution is -0.301. The Morgan fingerprint density at radius 1 is 1.25 bits per heavy atom. The molecule has 5 heteroatoms. The molecule has 0 aliphatic heterocycles. The van der Waals surface area contributed by atoms with E-state index in [0.717, 1.165) is 0 Å². The molecule has 0 aromatic rings. The maximum Gasteiger partial charge on any atom is 0.239 e. The first-order valence-electron chi connectivity index (χ1n) is 1.92. The normalized spacial score (nSPS) is 12.8. The monoisotopic (exact) mass is 125 g/mol. The van der Waals surface area contributed by atoms with Crippen LogP contribution in [0.25, 0.3) is 0 Å². The second kappa shape index (κ2) is 2.38. The summed E-state index contributed by atoms with van der Waals surface area (Å²) in [5.74, 6) is -2.79. The average molecular weight is 125 g/mol. The van der Waals surface area contributed by atoms with E-state index in [0.29, 0.717) is 0 Å². The molecule has 0 aliphatic rings. The van der Waals surface area contributed by atoms with Crippen molar-refractivity contribution >= 4 is 0 Å². The van der Waals surface area contributed by atoms with Crippen molar-refractivity contribution in [2.75, 3.05) is 6.61 Å². The van der Waals surface area contributed by atoms with E-state index >= 15 is 0 Å². The molecule has 0 saturated carbocycles. The molecule has 0 unspecified atom stereocenters. The smallest absolute Gasteiger partial charge is 0.239 e. The zero-order chi connectivity index (χ0) is 6.78. The summed E-state index contributed by atoms with van der Waals surface area (Å²) < 4.78 is 0. The summed E-state index contributed by atoms with van der Waals surface area (Å²) in [5, 5.41) is 40.3. The molecule has 0 atom stereocenters. The Labute approximate surface area is 45.4 Å². The third-order valence-corrected chi connectivity index (χ3v) is 0.646. The molecule has 0 heterocycles. The molecule has 5 N–H and O–H groups in total. The van der Waals surface area contributed by atoms with E-state index in [1.165, 1.54) is 0 Å². The fraction of sp³-hybridized carbons (Fsp3) is 1.00. The lowest BCUT2D eigenvalue weighted by Gasteiger charge is -2.19. The lowest BCUT2D eigenvalue weighted by Crippen LogP contribution is -2.45. The number of aliphatic hydroxyl groups is 5. The lowest BCUT2D eigenvalue weighted by atomic mass is 10.5. The van der Waals surface area contributed by atoms with Gasteiger partial charge in [-0.25, -0.2) is 0 Å². The molecule has 0 aromatic carbocycles. The molecule has 0 radical (unpaired) electrons. The van der Waals surface area contributed by atoms with Gasteiger partial charge in [-0.2, -0.15) is 0 Å². The number of hydrogen-bond acceptors (Lipinski definition) is 5. The van der Waals surface area contributed by atoms with Gasteiger partial charge in [0.1, 0.15) is 6.61 Å². The predicted octanol–water partition coefficient (Wildman–Crippen LogP) is -3.03. The molecule has 0 rings (SSSR count). The van der Waals surface area contributed by atoms with Crippen LogP contribution < -0.4 is 0 Å². The van der Waals surface area contributed by atoms with Gasteiger partial charge in [0, 0.05) is 0 Å². The van der Waals surface area contributed by atoms with Crippen molar-refractivity contribution in [1.82, 2.24) is 0 Å². The van der Waals surface area contributed by atoms with Crippen LogP contribution >= 0.6 is 0 Å². The van der Waals surface area contributed by atoms with Crippen molar-refractivity contribution in [3.8, 4) is 0 Å². The maximum absolute atomic E-state index is 8.21. The Bertz CT molecular complexity index is 68.1. The molecule has 0 bridgehead atoms. The minimum absolute atomic E-state index is 1.11. The van der Waals surface area contributed by atoms with Gasteiger partial charge in [0.15, 0.2) is 0 Å². The summed E-state index contributed by atoms with van der Waals surface area (Å²) in [4.78, 5) is 0. The van der Waals surface area contributed by atoms with Gasteiger partial charge in [-0.3, -0.25) is 0 Å². The predicted molar refractivity (Wildman–Crippen MR) is 22.5 cm³/mol. The second-order valence-electron chi connectivity index (χ2n) is 1.41. The Balaban J connectivity index is 3.71. The van der Waals surface area contributed by atoms with Gasteiger partial charge < -0.3 is 25.5 Å². The second-order valence-corrected chi connectivity index (χ2v) is 1.41.